The largest absolute Gasteiger partial charge is 0.481 e. The van der Waals surface area contributed by atoms with E-state index in [1.54, 1.807) is 30.3 Å². The Hall–Kier alpha value is -4.42. The Bertz CT molecular complexity index is 1650. The van der Waals surface area contributed by atoms with E-state index < -0.39 is 34.5 Å². The second kappa shape index (κ2) is 15.0. The number of alkyl halides is 3. The fourth-order valence-electron chi connectivity index (χ4n) is 5.85. The highest BCUT2D eigenvalue weighted by Gasteiger charge is 2.33. The summed E-state index contributed by atoms with van der Waals surface area (Å²) in [5.74, 6) is -2.19. The number of piperidine rings is 2. The van der Waals surface area contributed by atoms with E-state index in [1.807, 2.05) is 12.1 Å². The van der Waals surface area contributed by atoms with Crippen molar-refractivity contribution in [2.75, 3.05) is 36.4 Å². The number of aliphatic carboxylic acids is 1. The highest BCUT2D eigenvalue weighted by atomic mass is 35.5. The lowest BCUT2D eigenvalue weighted by molar-refractivity contribution is -0.143. The number of hydrogen-bond acceptors (Lipinski definition) is 6. The number of amides is 2. The van der Waals surface area contributed by atoms with Crippen LogP contribution in [0.5, 0.6) is 0 Å². The van der Waals surface area contributed by atoms with Crippen molar-refractivity contribution in [2.24, 2.45) is 11.0 Å². The van der Waals surface area contributed by atoms with Crippen LogP contribution in [0.4, 0.5) is 24.5 Å². The number of carboxylic acids is 1. The minimum absolute atomic E-state index is 0.0868. The van der Waals surface area contributed by atoms with Crippen molar-refractivity contribution in [3.63, 3.8) is 0 Å². The van der Waals surface area contributed by atoms with Gasteiger partial charge in [-0.15, -0.1) is 0 Å². The Morgan fingerprint density at radius 2 is 1.68 bits per heavy atom. The Kier molecular flexibility index (Phi) is 10.8. The molecule has 3 aromatic carbocycles. The van der Waals surface area contributed by atoms with E-state index in [4.69, 9.17) is 11.6 Å². The maximum Gasteiger partial charge on any atom is 0.417 e. The zero-order chi connectivity index (χ0) is 33.6. The quantitative estimate of drug-likeness (QED) is 0.173. The van der Waals surface area contributed by atoms with Crippen molar-refractivity contribution in [1.29, 1.82) is 0 Å². The Morgan fingerprint density at radius 3 is 2.38 bits per heavy atom. The van der Waals surface area contributed by atoms with Gasteiger partial charge in [0, 0.05) is 30.9 Å². The number of nitrogens with zero attached hydrogens (tertiary/aromatic N) is 3. The smallest absolute Gasteiger partial charge is 0.417 e. The van der Waals surface area contributed by atoms with Crippen molar-refractivity contribution in [1.82, 2.24) is 10.3 Å². The summed E-state index contributed by atoms with van der Waals surface area (Å²) < 4.78 is 39.8. The van der Waals surface area contributed by atoms with Gasteiger partial charge in [-0.05, 0) is 98.8 Å². The molecular formula is C34H35ClF3N5O4. The number of benzene rings is 3. The van der Waals surface area contributed by atoms with E-state index in [-0.39, 0.29) is 22.7 Å². The minimum Gasteiger partial charge on any atom is -0.481 e. The fourth-order valence-corrected chi connectivity index (χ4v) is 6.07. The summed E-state index contributed by atoms with van der Waals surface area (Å²) in [7, 11) is 0. The van der Waals surface area contributed by atoms with E-state index in [2.05, 4.69) is 25.6 Å². The predicted molar refractivity (Wildman–Crippen MR) is 174 cm³/mol. The molecule has 2 saturated heterocycles. The van der Waals surface area contributed by atoms with Gasteiger partial charge >= 0.3 is 12.1 Å². The monoisotopic (exact) mass is 669 g/mol. The SMILES string of the molecule is O=C(Nc1ccc(N2CCCCC2)cc1C(=O)NN=Cc1ccc(Cl)c(C(F)(F)F)c1)c1cccc(CN2CCC(C(=O)O)CC2)c1. The highest BCUT2D eigenvalue weighted by Crippen LogP contribution is 2.35. The van der Waals surface area contributed by atoms with Crippen LogP contribution in [0, 0.1) is 5.92 Å². The van der Waals surface area contributed by atoms with Crippen molar-refractivity contribution in [3.8, 4) is 0 Å². The van der Waals surface area contributed by atoms with Gasteiger partial charge in [-0.2, -0.15) is 18.3 Å². The summed E-state index contributed by atoms with van der Waals surface area (Å²) in [4.78, 5) is 42.4. The Labute approximate surface area is 275 Å². The van der Waals surface area contributed by atoms with Crippen LogP contribution in [-0.2, 0) is 17.5 Å². The van der Waals surface area contributed by atoms with Crippen LogP contribution in [0.3, 0.4) is 0 Å². The molecule has 3 N–H and O–H groups in total. The number of nitrogens with one attached hydrogen (secondary N) is 2. The maximum atomic E-state index is 13.4. The number of hydrazone groups is 1. The average Bonchev–Trinajstić information content (AvgIpc) is 3.06. The fraction of sp³-hybridized carbons (Fsp3) is 0.353. The standard InChI is InChI=1S/C34H35ClF3N5O4/c35-29-9-7-22(18-28(29)34(36,37)38)20-39-41-32(45)27-19-26(43-13-2-1-3-14-43)8-10-30(27)40-31(44)25-6-4-5-23(17-25)21-42-15-11-24(12-16-42)33(46)47/h4-10,17-20,24H,1-3,11-16,21H2,(H,40,44)(H,41,45)(H,46,47). The molecule has 0 spiro atoms. The van der Waals surface area contributed by atoms with Crippen molar-refractivity contribution in [3.05, 3.63) is 93.5 Å². The van der Waals surface area contributed by atoms with E-state index in [9.17, 15) is 32.7 Å². The first-order valence-electron chi connectivity index (χ1n) is 15.4. The molecule has 3 aromatic rings. The summed E-state index contributed by atoms with van der Waals surface area (Å²) >= 11 is 5.70. The Morgan fingerprint density at radius 1 is 0.936 bits per heavy atom. The molecule has 5 rings (SSSR count). The molecule has 0 saturated carbocycles. The lowest BCUT2D eigenvalue weighted by Crippen LogP contribution is -2.35. The third-order valence-electron chi connectivity index (χ3n) is 8.42. The van der Waals surface area contributed by atoms with E-state index >= 15 is 0 Å². The maximum absolute atomic E-state index is 13.4. The number of likely N-dealkylation sites (tertiary alicyclic amines) is 1. The van der Waals surface area contributed by atoms with E-state index in [0.29, 0.717) is 38.0 Å². The third kappa shape index (κ3) is 8.89. The van der Waals surface area contributed by atoms with E-state index in [1.165, 1.54) is 6.07 Å². The molecule has 2 aliphatic heterocycles. The van der Waals surface area contributed by atoms with Crippen molar-refractivity contribution in [2.45, 2.75) is 44.8 Å². The van der Waals surface area contributed by atoms with Crippen molar-refractivity contribution < 1.29 is 32.7 Å². The molecule has 2 fully saturated rings. The highest BCUT2D eigenvalue weighted by molar-refractivity contribution is 6.31. The number of hydrogen-bond donors (Lipinski definition) is 3. The molecule has 2 amide bonds. The molecule has 0 radical (unpaired) electrons. The molecule has 0 atom stereocenters. The minimum atomic E-state index is -4.65. The molecule has 0 bridgehead atoms. The molecule has 248 valence electrons. The van der Waals surface area contributed by atoms with Crippen LogP contribution in [0.1, 0.15) is 69.5 Å². The lowest BCUT2D eigenvalue weighted by atomic mass is 9.96. The summed E-state index contributed by atoms with van der Waals surface area (Å²) in [6.45, 7) is 3.52. The second-order valence-corrected chi connectivity index (χ2v) is 12.2. The number of rotatable bonds is 9. The van der Waals surface area contributed by atoms with Crippen LogP contribution < -0.4 is 15.6 Å². The molecular weight excluding hydrogens is 635 g/mol. The number of carboxylic acid groups (broad SMARTS) is 1. The Balaban J connectivity index is 1.32. The topological polar surface area (TPSA) is 114 Å². The van der Waals surface area contributed by atoms with Gasteiger partial charge in [-0.3, -0.25) is 19.3 Å². The predicted octanol–water partition coefficient (Wildman–Crippen LogP) is 6.66. The summed E-state index contributed by atoms with van der Waals surface area (Å²) in [5, 5.41) is 15.5. The van der Waals surface area contributed by atoms with Crippen LogP contribution in [0.2, 0.25) is 5.02 Å². The number of halogens is 4. The summed E-state index contributed by atoms with van der Waals surface area (Å²) in [6.07, 6.45) is 0.737. The first-order chi connectivity index (χ1) is 22.5. The van der Waals surface area contributed by atoms with Gasteiger partial charge in [0.1, 0.15) is 0 Å². The first-order valence-corrected chi connectivity index (χ1v) is 15.8. The zero-order valence-electron chi connectivity index (χ0n) is 25.5. The molecule has 9 nitrogen and oxygen atoms in total. The summed E-state index contributed by atoms with van der Waals surface area (Å²) in [6, 6.07) is 15.6. The lowest BCUT2D eigenvalue weighted by Gasteiger charge is -2.30. The second-order valence-electron chi connectivity index (χ2n) is 11.8. The zero-order valence-corrected chi connectivity index (χ0v) is 26.3. The van der Waals surface area contributed by atoms with Gasteiger partial charge in [-0.1, -0.05) is 29.8 Å². The molecule has 2 aliphatic rings. The van der Waals surface area contributed by atoms with Gasteiger partial charge in [0.25, 0.3) is 11.8 Å². The molecule has 0 aromatic heterocycles. The van der Waals surface area contributed by atoms with Gasteiger partial charge < -0.3 is 15.3 Å². The van der Waals surface area contributed by atoms with Gasteiger partial charge in [0.05, 0.1) is 34.0 Å². The normalized spacial score (nSPS) is 16.3. The van der Waals surface area contributed by atoms with E-state index in [0.717, 1.165) is 62.0 Å². The van der Waals surface area contributed by atoms with Crippen LogP contribution in [-0.4, -0.2) is 60.2 Å². The first kappa shape index (κ1) is 33.9. The molecule has 0 aliphatic carbocycles. The molecule has 2 heterocycles. The van der Waals surface area contributed by atoms with Gasteiger partial charge in [0.2, 0.25) is 0 Å². The van der Waals surface area contributed by atoms with Crippen molar-refractivity contribution >= 4 is 47.0 Å². The van der Waals surface area contributed by atoms with Gasteiger partial charge in [-0.25, -0.2) is 5.43 Å². The van der Waals surface area contributed by atoms with Crippen LogP contribution in [0.15, 0.2) is 65.8 Å². The number of carbonyl (C=O) groups excluding carboxylic acids is 2. The van der Waals surface area contributed by atoms with Crippen LogP contribution in [0.25, 0.3) is 0 Å². The van der Waals surface area contributed by atoms with Gasteiger partial charge in [0.15, 0.2) is 0 Å². The van der Waals surface area contributed by atoms with Crippen LogP contribution >= 0.6 is 11.6 Å². The average molecular weight is 670 g/mol. The summed E-state index contributed by atoms with van der Waals surface area (Å²) in [5.41, 5.74) is 3.92. The molecule has 0 unspecified atom stereocenters. The number of anilines is 2. The molecule has 47 heavy (non-hydrogen) atoms. The molecule has 13 heteroatoms. The number of carbonyl (C=O) groups is 3. The third-order valence-corrected chi connectivity index (χ3v) is 8.75.